The highest BCUT2D eigenvalue weighted by Gasteiger charge is 2.37. The Kier molecular flexibility index (Phi) is 12.9. The topological polar surface area (TPSA) is 23.6 Å². The van der Waals surface area contributed by atoms with Crippen LogP contribution in [-0.4, -0.2) is 18.1 Å². The van der Waals surface area contributed by atoms with Crippen LogP contribution >= 0.6 is 0 Å². The molecule has 468 valence electrons. The molecule has 92 heavy (non-hydrogen) atoms. The highest BCUT2D eigenvalue weighted by molar-refractivity contribution is 6.30. The third kappa shape index (κ3) is 9.18. The van der Waals surface area contributed by atoms with Gasteiger partial charge in [-0.15, -0.1) is 0 Å². The number of nitrogens with zero attached hydrogens (tertiary/aromatic N) is 5. The van der Waals surface area contributed by atoms with Gasteiger partial charge in [0.25, 0.3) is 0 Å². The molecular weight excluding hydrogens is 1110 g/mol. The number of benzene rings is 9. The third-order valence-corrected chi connectivity index (χ3v) is 20.7. The van der Waals surface area contributed by atoms with Crippen molar-refractivity contribution in [3.63, 3.8) is 0 Å². The summed E-state index contributed by atoms with van der Waals surface area (Å²) in [6.07, 6.45) is 0. The van der Waals surface area contributed by atoms with Crippen molar-refractivity contribution >= 4 is 109 Å². The van der Waals surface area contributed by atoms with Gasteiger partial charge in [0, 0.05) is 53.9 Å². The van der Waals surface area contributed by atoms with Gasteiger partial charge >= 0.3 is 0 Å². The first-order valence-electron chi connectivity index (χ1n) is 33.7. The van der Waals surface area contributed by atoms with E-state index in [2.05, 4.69) is 324 Å². The van der Waals surface area contributed by atoms with E-state index in [9.17, 15) is 6.57 Å². The Morgan fingerprint density at radius 1 is 0.239 bits per heavy atom. The van der Waals surface area contributed by atoms with Crippen molar-refractivity contribution in [2.45, 2.75) is 209 Å². The van der Waals surface area contributed by atoms with Crippen LogP contribution < -0.4 is 0 Å². The molecule has 0 amide bonds. The van der Waals surface area contributed by atoms with Crippen LogP contribution in [-0.2, 0) is 43.3 Å². The molecule has 0 aliphatic rings. The molecule has 0 aliphatic carbocycles. The molecule has 14 rings (SSSR count). The number of aromatic nitrogens is 4. The van der Waals surface area contributed by atoms with Crippen molar-refractivity contribution in [3.8, 4) is 17.1 Å². The molecule has 0 aliphatic heterocycles. The van der Waals surface area contributed by atoms with Crippen LogP contribution in [0.1, 0.15) is 211 Å². The minimum atomic E-state index is -0.224. The summed E-state index contributed by atoms with van der Waals surface area (Å²) < 4.78 is 10.3. The maximum Gasteiger partial charge on any atom is 0.236 e. The van der Waals surface area contributed by atoms with Gasteiger partial charge in [0.05, 0.1) is 73.3 Å². The summed E-state index contributed by atoms with van der Waals surface area (Å²) in [5, 5.41) is 11.8. The maximum absolute atomic E-state index is 10.4. The Labute approximate surface area is 546 Å². The normalized spacial score (nSPS) is 13.9. The average Bonchev–Trinajstić information content (AvgIpc) is 1.49. The molecule has 0 fully saturated rings. The molecule has 0 radical (unpaired) electrons. The summed E-state index contributed by atoms with van der Waals surface area (Å²) in [7, 11) is 0. The van der Waals surface area contributed by atoms with E-state index in [1.54, 1.807) is 0 Å². The minimum Gasteiger partial charge on any atom is -0.318 e. The van der Waals surface area contributed by atoms with Gasteiger partial charge in [0.15, 0.2) is 0 Å². The van der Waals surface area contributed by atoms with E-state index in [-0.39, 0.29) is 43.3 Å². The summed E-state index contributed by atoms with van der Waals surface area (Å²) >= 11 is 0. The lowest BCUT2D eigenvalue weighted by Gasteiger charge is -2.25. The smallest absolute Gasteiger partial charge is 0.236 e. The van der Waals surface area contributed by atoms with Crippen molar-refractivity contribution in [3.05, 3.63) is 195 Å². The van der Waals surface area contributed by atoms with Gasteiger partial charge in [-0.25, -0.2) is 4.85 Å². The second-order valence-electron chi connectivity index (χ2n) is 35.6. The lowest BCUT2D eigenvalue weighted by atomic mass is 9.84. The van der Waals surface area contributed by atoms with Gasteiger partial charge in [-0.3, -0.25) is 0 Å². The van der Waals surface area contributed by atoms with E-state index in [1.165, 1.54) is 93.1 Å². The van der Waals surface area contributed by atoms with Gasteiger partial charge in [0.1, 0.15) is 0 Å². The van der Waals surface area contributed by atoms with Crippen LogP contribution in [0.5, 0.6) is 0 Å². The molecule has 0 N–H and O–H groups in total. The summed E-state index contributed by atoms with van der Waals surface area (Å²) in [4.78, 5) is 5.21. The number of hydrogen-bond acceptors (Lipinski definition) is 0. The monoisotopic (exact) mass is 1210 g/mol. The molecule has 5 nitrogen and oxygen atoms in total. The van der Waals surface area contributed by atoms with Crippen LogP contribution in [0.4, 0.5) is 5.69 Å². The summed E-state index contributed by atoms with van der Waals surface area (Å²) in [5.74, 6) is 0. The van der Waals surface area contributed by atoms with E-state index in [4.69, 9.17) is 4.85 Å². The standard InChI is InChI=1S/C87H95N5/c1-80(2,3)49-26-33-66-57(40-49)58-41-50(81(4,5)6)27-34-67(58)89(66)76-73-65-48-56(87(22,23)24)47-64-63-46-55(86(19,20)21)32-39-72(63)92(75(64)65)77(73)79(91-70-37-30-53(84(13,14)15)44-61(70)62-45-54(85(16,17)18)31-38-71(62)91)78(74(76)88-25)90-68-35-28-51(82(7,8)9)42-59(68)60-43-52(83(10,11)12)29-36-69(60)90/h26-48H,1-24H3. The van der Waals surface area contributed by atoms with Crippen molar-refractivity contribution in [1.29, 1.82) is 0 Å². The fourth-order valence-corrected chi connectivity index (χ4v) is 15.0. The van der Waals surface area contributed by atoms with Crippen LogP contribution in [0.25, 0.3) is 125 Å². The summed E-state index contributed by atoms with van der Waals surface area (Å²) in [6, 6.07) is 55.5. The molecule has 14 aromatic rings. The van der Waals surface area contributed by atoms with Crippen LogP contribution in [0.2, 0.25) is 0 Å². The van der Waals surface area contributed by atoms with Crippen LogP contribution in [0, 0.1) is 6.57 Å². The number of fused-ring (bicyclic) bond motifs is 15. The van der Waals surface area contributed by atoms with Gasteiger partial charge in [-0.1, -0.05) is 209 Å². The van der Waals surface area contributed by atoms with Crippen molar-refractivity contribution < 1.29 is 0 Å². The molecule has 0 saturated heterocycles. The van der Waals surface area contributed by atoms with Gasteiger partial charge < -0.3 is 18.1 Å². The largest absolute Gasteiger partial charge is 0.318 e. The highest BCUT2D eigenvalue weighted by Crippen LogP contribution is 2.56. The first-order valence-corrected chi connectivity index (χ1v) is 33.7. The summed E-state index contributed by atoms with van der Waals surface area (Å²) in [6.45, 7) is 66.4. The van der Waals surface area contributed by atoms with Gasteiger partial charge in [-0.2, -0.15) is 0 Å². The van der Waals surface area contributed by atoms with Gasteiger partial charge in [0.2, 0.25) is 5.69 Å². The zero-order valence-corrected chi connectivity index (χ0v) is 59.5. The van der Waals surface area contributed by atoms with Crippen molar-refractivity contribution in [2.75, 3.05) is 0 Å². The summed E-state index contributed by atoms with van der Waals surface area (Å²) in [5.41, 5.74) is 22.4. The predicted octanol–water partition coefficient (Wildman–Crippen LogP) is 25.1. The van der Waals surface area contributed by atoms with Crippen molar-refractivity contribution in [1.82, 2.24) is 18.1 Å². The van der Waals surface area contributed by atoms with E-state index in [0.29, 0.717) is 5.69 Å². The lowest BCUT2D eigenvalue weighted by Crippen LogP contribution is -2.12. The molecule has 0 bridgehead atoms. The van der Waals surface area contributed by atoms with Crippen LogP contribution in [0.3, 0.4) is 0 Å². The zero-order chi connectivity index (χ0) is 66.2. The second kappa shape index (κ2) is 19.4. The molecule has 5 aromatic heterocycles. The molecule has 9 aromatic carbocycles. The Bertz CT molecular complexity index is 5300. The fraction of sp³-hybridized carbons (Fsp3) is 0.368. The van der Waals surface area contributed by atoms with E-state index in [0.717, 1.165) is 72.0 Å². The predicted molar refractivity (Wildman–Crippen MR) is 400 cm³/mol. The number of hydrogen-bond donors (Lipinski definition) is 0. The number of rotatable bonds is 3. The maximum atomic E-state index is 10.4. The molecule has 0 atom stereocenters. The van der Waals surface area contributed by atoms with E-state index in [1.807, 2.05) is 0 Å². The average molecular weight is 1210 g/mol. The third-order valence-electron chi connectivity index (χ3n) is 20.7. The fourth-order valence-electron chi connectivity index (χ4n) is 15.0. The molecule has 5 heterocycles. The molecule has 0 unspecified atom stereocenters. The molecule has 0 spiro atoms. The lowest BCUT2D eigenvalue weighted by molar-refractivity contribution is 0.590. The first kappa shape index (κ1) is 61.2. The first-order chi connectivity index (χ1) is 42.7. The highest BCUT2D eigenvalue weighted by atomic mass is 15.1. The quantitative estimate of drug-likeness (QED) is 0.157. The second-order valence-corrected chi connectivity index (χ2v) is 35.6. The minimum absolute atomic E-state index is 0.0988. The SMILES string of the molecule is [C-]#[N+]c1c(-n2c3ccc(C(C)(C)C)cc3c3cc(C(C)(C)C)ccc32)c(-n2c3ccc(C(C)(C)C)cc3c3cc(C(C)(C)C)ccc32)c2c(c1-n1c3ccc(C(C)(C)C)cc3c3cc(C(C)(C)C)ccc31)c1cc(C(C)(C)C)cc3c4cc(C(C)(C)C)ccc4n2c31. The molecule has 0 saturated carbocycles. The molecule has 5 heteroatoms. The molecular formula is C87H95N5. The van der Waals surface area contributed by atoms with E-state index < -0.39 is 0 Å². The Hall–Kier alpha value is -8.33. The zero-order valence-electron chi connectivity index (χ0n) is 59.5. The van der Waals surface area contributed by atoms with Crippen molar-refractivity contribution in [2.24, 2.45) is 0 Å². The Balaban J connectivity index is 1.36. The Morgan fingerprint density at radius 2 is 0.467 bits per heavy atom. The Morgan fingerprint density at radius 3 is 0.739 bits per heavy atom. The van der Waals surface area contributed by atoms with Gasteiger partial charge in [-0.05, 0) is 185 Å². The van der Waals surface area contributed by atoms with E-state index >= 15 is 0 Å². The van der Waals surface area contributed by atoms with Crippen LogP contribution in [0.15, 0.2) is 140 Å².